The van der Waals surface area contributed by atoms with E-state index in [0.29, 0.717) is 19.8 Å². The number of ether oxygens (including phenoxy) is 2. The summed E-state index contributed by atoms with van der Waals surface area (Å²) in [5, 5.41) is 3.07. The Labute approximate surface area is 177 Å². The Bertz CT molecular complexity index is 1020. The van der Waals surface area contributed by atoms with Gasteiger partial charge in [-0.3, -0.25) is 0 Å². The van der Waals surface area contributed by atoms with Crippen LogP contribution in [0.2, 0.25) is 0 Å². The van der Waals surface area contributed by atoms with Crippen LogP contribution in [-0.2, 0) is 6.54 Å². The highest BCUT2D eigenvalue weighted by Gasteiger charge is 2.18. The van der Waals surface area contributed by atoms with Crippen LogP contribution in [0, 0.1) is 0 Å². The summed E-state index contributed by atoms with van der Waals surface area (Å²) >= 11 is 0. The molecule has 1 unspecified atom stereocenters. The second-order valence-corrected chi connectivity index (χ2v) is 7.45. The van der Waals surface area contributed by atoms with E-state index in [4.69, 9.17) is 9.47 Å². The summed E-state index contributed by atoms with van der Waals surface area (Å²) in [4.78, 5) is 14.5. The van der Waals surface area contributed by atoms with Crippen molar-refractivity contribution in [3.05, 3.63) is 83.9 Å². The number of hydrogen-bond donors (Lipinski definition) is 1. The first-order chi connectivity index (χ1) is 14.6. The van der Waals surface area contributed by atoms with Gasteiger partial charge in [-0.2, -0.15) is 0 Å². The minimum absolute atomic E-state index is 0.125. The van der Waals surface area contributed by atoms with Crippen molar-refractivity contribution in [3.63, 3.8) is 0 Å². The molecule has 0 aromatic heterocycles. The molecular weight excluding hydrogens is 376 g/mol. The highest BCUT2D eigenvalue weighted by Crippen LogP contribution is 2.32. The second-order valence-electron chi connectivity index (χ2n) is 7.45. The molecule has 1 atom stereocenters. The lowest BCUT2D eigenvalue weighted by Crippen LogP contribution is -2.38. The highest BCUT2D eigenvalue weighted by molar-refractivity contribution is 5.75. The van der Waals surface area contributed by atoms with E-state index in [1.165, 1.54) is 0 Å². The van der Waals surface area contributed by atoms with E-state index >= 15 is 0 Å². The third kappa shape index (κ3) is 4.40. The zero-order chi connectivity index (χ0) is 20.9. The molecule has 0 fully saturated rings. The van der Waals surface area contributed by atoms with Crippen LogP contribution in [0.15, 0.2) is 72.8 Å². The number of amides is 2. The van der Waals surface area contributed by atoms with Crippen molar-refractivity contribution in [2.24, 2.45) is 0 Å². The number of benzene rings is 3. The molecule has 3 aromatic carbocycles. The molecule has 0 saturated heterocycles. The van der Waals surface area contributed by atoms with E-state index in [2.05, 4.69) is 29.6 Å². The Hall–Kier alpha value is -3.47. The summed E-state index contributed by atoms with van der Waals surface area (Å²) in [6.45, 7) is 3.59. The lowest BCUT2D eigenvalue weighted by Gasteiger charge is -2.24. The Kier molecular flexibility index (Phi) is 5.89. The number of carbonyl (C=O) groups excluding carboxylic acids is 1. The van der Waals surface area contributed by atoms with Gasteiger partial charge < -0.3 is 19.7 Å². The minimum Gasteiger partial charge on any atom is -0.486 e. The van der Waals surface area contributed by atoms with E-state index < -0.39 is 0 Å². The number of carbonyl (C=O) groups is 1. The van der Waals surface area contributed by atoms with Gasteiger partial charge in [-0.1, -0.05) is 60.7 Å². The first-order valence-electron chi connectivity index (χ1n) is 10.2. The molecule has 154 valence electrons. The maximum absolute atomic E-state index is 12.8. The van der Waals surface area contributed by atoms with Gasteiger partial charge in [-0.25, -0.2) is 4.79 Å². The molecule has 0 saturated carbocycles. The third-order valence-corrected chi connectivity index (χ3v) is 5.26. The Balaban J connectivity index is 1.44. The van der Waals surface area contributed by atoms with Gasteiger partial charge in [-0.15, -0.1) is 0 Å². The first kappa shape index (κ1) is 19.8. The van der Waals surface area contributed by atoms with Crippen LogP contribution >= 0.6 is 0 Å². The predicted molar refractivity (Wildman–Crippen MR) is 118 cm³/mol. The van der Waals surface area contributed by atoms with E-state index in [1.807, 2.05) is 62.5 Å². The summed E-state index contributed by atoms with van der Waals surface area (Å²) in [6, 6.07) is 23.9. The standard InChI is InChI=1S/C25H26N2O3/c1-18(20-12-13-23-24(16-20)30-15-14-29-23)26-25(28)27(2)17-21-10-6-7-11-22(21)19-8-4-3-5-9-19/h3-13,16,18H,14-15,17H2,1-2H3,(H,26,28). The van der Waals surface area contributed by atoms with Crippen LogP contribution in [-0.4, -0.2) is 31.2 Å². The average molecular weight is 402 g/mol. The summed E-state index contributed by atoms with van der Waals surface area (Å²) in [5.41, 5.74) is 4.36. The van der Waals surface area contributed by atoms with Crippen LogP contribution in [0.5, 0.6) is 11.5 Å². The SMILES string of the molecule is CC(NC(=O)N(C)Cc1ccccc1-c1ccccc1)c1ccc2c(c1)OCCO2. The zero-order valence-corrected chi connectivity index (χ0v) is 17.3. The molecule has 1 heterocycles. The van der Waals surface area contributed by atoms with Gasteiger partial charge in [0.15, 0.2) is 11.5 Å². The molecule has 2 amide bonds. The van der Waals surface area contributed by atoms with Crippen LogP contribution in [0.4, 0.5) is 4.79 Å². The van der Waals surface area contributed by atoms with Gasteiger partial charge in [0.25, 0.3) is 0 Å². The summed E-state index contributed by atoms with van der Waals surface area (Å²) in [6.07, 6.45) is 0. The average Bonchev–Trinajstić information content (AvgIpc) is 2.79. The minimum atomic E-state index is -0.153. The number of nitrogens with one attached hydrogen (secondary N) is 1. The largest absolute Gasteiger partial charge is 0.486 e. The second kappa shape index (κ2) is 8.91. The van der Waals surface area contributed by atoms with Crippen LogP contribution < -0.4 is 14.8 Å². The van der Waals surface area contributed by atoms with Crippen molar-refractivity contribution in [1.82, 2.24) is 10.2 Å². The van der Waals surface area contributed by atoms with E-state index in [9.17, 15) is 4.79 Å². The fourth-order valence-corrected chi connectivity index (χ4v) is 3.59. The normalized spacial score (nSPS) is 13.4. The van der Waals surface area contributed by atoms with Gasteiger partial charge in [0.2, 0.25) is 0 Å². The van der Waals surface area contributed by atoms with Gasteiger partial charge in [0, 0.05) is 13.6 Å². The Morgan fingerprint density at radius 2 is 1.67 bits per heavy atom. The quantitative estimate of drug-likeness (QED) is 0.651. The maximum Gasteiger partial charge on any atom is 0.317 e. The molecule has 0 spiro atoms. The van der Waals surface area contributed by atoms with Crippen molar-refractivity contribution in [3.8, 4) is 22.6 Å². The first-order valence-corrected chi connectivity index (χ1v) is 10.2. The molecule has 3 aromatic rings. The van der Waals surface area contributed by atoms with Gasteiger partial charge in [0.05, 0.1) is 6.04 Å². The highest BCUT2D eigenvalue weighted by atomic mass is 16.6. The lowest BCUT2D eigenvalue weighted by atomic mass is 9.99. The molecule has 5 heteroatoms. The molecule has 30 heavy (non-hydrogen) atoms. The number of hydrogen-bond acceptors (Lipinski definition) is 3. The molecule has 1 N–H and O–H groups in total. The summed E-state index contributed by atoms with van der Waals surface area (Å²) < 4.78 is 11.2. The van der Waals surface area contributed by atoms with Crippen LogP contribution in [0.25, 0.3) is 11.1 Å². The summed E-state index contributed by atoms with van der Waals surface area (Å²) in [5.74, 6) is 1.48. The number of fused-ring (bicyclic) bond motifs is 1. The number of urea groups is 1. The predicted octanol–water partition coefficient (Wildman–Crippen LogP) is 5.03. The zero-order valence-electron chi connectivity index (χ0n) is 17.3. The molecule has 4 rings (SSSR count). The molecular formula is C25H26N2O3. The Morgan fingerprint density at radius 1 is 0.967 bits per heavy atom. The van der Waals surface area contributed by atoms with Crippen molar-refractivity contribution >= 4 is 6.03 Å². The summed E-state index contributed by atoms with van der Waals surface area (Å²) in [7, 11) is 1.81. The van der Waals surface area contributed by atoms with E-state index in [0.717, 1.165) is 33.8 Å². The third-order valence-electron chi connectivity index (χ3n) is 5.26. The molecule has 1 aliphatic rings. The van der Waals surface area contributed by atoms with Crippen molar-refractivity contribution in [2.75, 3.05) is 20.3 Å². The molecule has 5 nitrogen and oxygen atoms in total. The van der Waals surface area contributed by atoms with Crippen molar-refractivity contribution in [1.29, 1.82) is 0 Å². The fraction of sp³-hybridized carbons (Fsp3) is 0.240. The molecule has 0 bridgehead atoms. The van der Waals surface area contributed by atoms with Crippen molar-refractivity contribution < 1.29 is 14.3 Å². The van der Waals surface area contributed by atoms with Crippen molar-refractivity contribution in [2.45, 2.75) is 19.5 Å². The Morgan fingerprint density at radius 3 is 2.47 bits per heavy atom. The van der Waals surface area contributed by atoms with Gasteiger partial charge in [-0.05, 0) is 41.3 Å². The van der Waals surface area contributed by atoms with Crippen LogP contribution in [0.3, 0.4) is 0 Å². The molecule has 0 aliphatic carbocycles. The molecule has 1 aliphatic heterocycles. The van der Waals surface area contributed by atoms with E-state index in [1.54, 1.807) is 4.90 Å². The number of nitrogens with zero attached hydrogens (tertiary/aromatic N) is 1. The fourth-order valence-electron chi connectivity index (χ4n) is 3.59. The van der Waals surface area contributed by atoms with Gasteiger partial charge in [0.1, 0.15) is 13.2 Å². The monoisotopic (exact) mass is 402 g/mol. The van der Waals surface area contributed by atoms with E-state index in [-0.39, 0.29) is 12.1 Å². The van der Waals surface area contributed by atoms with Gasteiger partial charge >= 0.3 is 6.03 Å². The lowest BCUT2D eigenvalue weighted by molar-refractivity contribution is 0.171. The maximum atomic E-state index is 12.8. The smallest absolute Gasteiger partial charge is 0.317 e. The van der Waals surface area contributed by atoms with Crippen LogP contribution in [0.1, 0.15) is 24.1 Å². The molecule has 0 radical (unpaired) electrons. The topological polar surface area (TPSA) is 50.8 Å². The number of rotatable bonds is 5.